The lowest BCUT2D eigenvalue weighted by molar-refractivity contribution is 0.275. The number of benzene rings is 2. The lowest BCUT2D eigenvalue weighted by atomic mass is 10.2. The third kappa shape index (κ3) is 6.13. The summed E-state index contributed by atoms with van der Waals surface area (Å²) in [4.78, 5) is 9.02. The van der Waals surface area contributed by atoms with Crippen LogP contribution in [0.2, 0.25) is 0 Å². The quantitative estimate of drug-likeness (QED) is 0.155. The number of hydrogen-bond acceptors (Lipinski definition) is 9. The molecule has 212 valence electrons. The van der Waals surface area contributed by atoms with E-state index in [9.17, 15) is 0 Å². The maximum atomic E-state index is 6.21. The van der Waals surface area contributed by atoms with Gasteiger partial charge in [-0.1, -0.05) is 24.3 Å². The van der Waals surface area contributed by atoms with Crippen LogP contribution in [0.3, 0.4) is 0 Å². The summed E-state index contributed by atoms with van der Waals surface area (Å²) in [7, 11) is 1.61. The number of para-hydroxylation sites is 1. The van der Waals surface area contributed by atoms with Gasteiger partial charge in [0.1, 0.15) is 29.7 Å². The van der Waals surface area contributed by atoms with Crippen molar-refractivity contribution in [3.8, 4) is 34.7 Å². The van der Waals surface area contributed by atoms with Crippen molar-refractivity contribution < 1.29 is 23.0 Å². The molecule has 42 heavy (non-hydrogen) atoms. The molecule has 4 aromatic heterocycles. The number of nitrogens with zero attached hydrogens (tertiary/aromatic N) is 4. The van der Waals surface area contributed by atoms with E-state index < -0.39 is 0 Å². The molecule has 0 N–H and O–H groups in total. The van der Waals surface area contributed by atoms with E-state index in [1.54, 1.807) is 36.8 Å². The van der Waals surface area contributed by atoms with Crippen molar-refractivity contribution in [3.05, 3.63) is 112 Å². The Morgan fingerprint density at radius 1 is 0.929 bits per heavy atom. The summed E-state index contributed by atoms with van der Waals surface area (Å²) in [5, 5.41) is 7.66. The molecule has 10 heteroatoms. The molecule has 6 rings (SSSR count). The van der Waals surface area contributed by atoms with E-state index in [-0.39, 0.29) is 13.2 Å². The van der Waals surface area contributed by atoms with Crippen LogP contribution in [0.4, 0.5) is 0 Å². The molecule has 4 heterocycles. The molecule has 0 bridgehead atoms. The molecule has 0 unspecified atom stereocenters. The summed E-state index contributed by atoms with van der Waals surface area (Å²) >= 11 is 1.59. The summed E-state index contributed by atoms with van der Waals surface area (Å²) in [6.45, 7) is 4.33. The Balaban J connectivity index is 1.17. The fraction of sp³-hybridized carbons (Fsp3) is 0.156. The molecular formula is C32H28N4O5S. The second-order valence-electron chi connectivity index (χ2n) is 9.39. The third-order valence-corrected chi connectivity index (χ3v) is 7.29. The summed E-state index contributed by atoms with van der Waals surface area (Å²) in [5.41, 5.74) is 4.35. The Hall–Kier alpha value is -5.09. The van der Waals surface area contributed by atoms with Crippen LogP contribution >= 0.6 is 11.3 Å². The van der Waals surface area contributed by atoms with Crippen LogP contribution in [-0.2, 0) is 13.2 Å². The minimum Gasteiger partial charge on any atom is -0.493 e. The monoisotopic (exact) mass is 580 g/mol. The number of oxazole rings is 1. The predicted octanol–water partition coefficient (Wildman–Crippen LogP) is 7.53. The number of methoxy groups -OCH3 is 1. The minimum atomic E-state index is 0.216. The Morgan fingerprint density at radius 2 is 1.81 bits per heavy atom. The topological polar surface area (TPSA) is 97.6 Å². The van der Waals surface area contributed by atoms with E-state index in [0.29, 0.717) is 40.5 Å². The number of thiazole rings is 1. The van der Waals surface area contributed by atoms with Crippen molar-refractivity contribution in [2.45, 2.75) is 27.1 Å². The maximum absolute atomic E-state index is 6.21. The van der Waals surface area contributed by atoms with Gasteiger partial charge in [0, 0.05) is 17.3 Å². The molecule has 0 atom stereocenters. The largest absolute Gasteiger partial charge is 0.493 e. The molecule has 0 aliphatic heterocycles. The minimum absolute atomic E-state index is 0.216. The fourth-order valence-electron chi connectivity index (χ4n) is 4.21. The van der Waals surface area contributed by atoms with Gasteiger partial charge in [0.2, 0.25) is 5.88 Å². The van der Waals surface area contributed by atoms with Gasteiger partial charge in [-0.2, -0.15) is 0 Å². The highest BCUT2D eigenvalue weighted by molar-refractivity contribution is 7.10. The zero-order chi connectivity index (χ0) is 28.9. The van der Waals surface area contributed by atoms with Crippen LogP contribution < -0.4 is 14.2 Å². The Bertz CT molecular complexity index is 1800. The fourth-order valence-corrected chi connectivity index (χ4v) is 4.89. The van der Waals surface area contributed by atoms with E-state index in [2.05, 4.69) is 9.97 Å². The van der Waals surface area contributed by atoms with Gasteiger partial charge in [0.25, 0.3) is 5.89 Å². The van der Waals surface area contributed by atoms with E-state index in [0.717, 1.165) is 27.5 Å². The first kappa shape index (κ1) is 27.1. The number of rotatable bonds is 11. The molecule has 0 radical (unpaired) electrons. The summed E-state index contributed by atoms with van der Waals surface area (Å²) in [6.07, 6.45) is 7.47. The van der Waals surface area contributed by atoms with Gasteiger partial charge in [-0.3, -0.25) is 0 Å². The zero-order valence-corrected chi connectivity index (χ0v) is 24.1. The van der Waals surface area contributed by atoms with Crippen LogP contribution in [0.5, 0.6) is 17.4 Å². The van der Waals surface area contributed by atoms with Crippen LogP contribution in [0.25, 0.3) is 29.5 Å². The number of hydrogen-bond donors (Lipinski definition) is 0. The molecule has 0 aliphatic rings. The average molecular weight is 581 g/mol. The highest BCUT2D eigenvalue weighted by Gasteiger charge is 2.16. The smallest absolute Gasteiger partial charge is 0.263 e. The number of aryl methyl sites for hydroxylation is 2. The molecule has 0 saturated heterocycles. The van der Waals surface area contributed by atoms with Crippen molar-refractivity contribution in [2.75, 3.05) is 7.11 Å². The number of furan rings is 1. The van der Waals surface area contributed by atoms with Gasteiger partial charge < -0.3 is 23.0 Å². The van der Waals surface area contributed by atoms with Gasteiger partial charge in [-0.05, 0) is 68.0 Å². The van der Waals surface area contributed by atoms with Crippen molar-refractivity contribution in [1.29, 1.82) is 0 Å². The van der Waals surface area contributed by atoms with Gasteiger partial charge >= 0.3 is 0 Å². The summed E-state index contributed by atoms with van der Waals surface area (Å²) in [6, 6.07) is 19.2. The highest BCUT2D eigenvalue weighted by Crippen LogP contribution is 2.31. The Morgan fingerprint density at radius 3 is 2.57 bits per heavy atom. The first-order valence-corrected chi connectivity index (χ1v) is 14.1. The van der Waals surface area contributed by atoms with Crippen LogP contribution in [0.15, 0.2) is 87.3 Å². The normalized spacial score (nSPS) is 11.3. The van der Waals surface area contributed by atoms with Crippen LogP contribution in [-0.4, -0.2) is 26.9 Å². The molecule has 9 nitrogen and oxygen atoms in total. The SMILES string of the molecule is COc1cc(COc2nn(-c3ccccc3)cc2C=Cc2nc(C)cs2)ccc1OCc1nc(-c2ccco2)oc1C. The molecule has 0 fully saturated rings. The lowest BCUT2D eigenvalue weighted by Crippen LogP contribution is -2.02. The zero-order valence-electron chi connectivity index (χ0n) is 23.3. The third-order valence-electron chi connectivity index (χ3n) is 6.36. The van der Waals surface area contributed by atoms with Crippen LogP contribution in [0, 0.1) is 13.8 Å². The predicted molar refractivity (Wildman–Crippen MR) is 160 cm³/mol. The molecule has 0 amide bonds. The standard InChI is InChI=1S/C32H28N4O5S/c1-21-20-42-30(33-21)14-12-24-17-36(25-8-5-4-6-9-25)35-31(24)40-18-23-11-13-27(29(16-23)37-3)39-19-26-22(2)41-32(34-26)28-10-7-15-38-28/h4-17,20H,18-19H2,1-3H3. The average Bonchev–Trinajstić information content (AvgIpc) is 3.82. The Kier molecular flexibility index (Phi) is 7.87. The molecule has 2 aromatic carbocycles. The van der Waals surface area contributed by atoms with E-state index in [1.165, 1.54) is 0 Å². The second-order valence-corrected chi connectivity index (χ2v) is 10.3. The van der Waals surface area contributed by atoms with Crippen molar-refractivity contribution in [3.63, 3.8) is 0 Å². The molecule has 0 saturated carbocycles. The van der Waals surface area contributed by atoms with Gasteiger partial charge in [0.05, 0.1) is 24.6 Å². The van der Waals surface area contributed by atoms with Crippen molar-refractivity contribution in [1.82, 2.24) is 19.7 Å². The van der Waals surface area contributed by atoms with E-state index >= 15 is 0 Å². The van der Waals surface area contributed by atoms with Crippen molar-refractivity contribution >= 4 is 23.5 Å². The summed E-state index contributed by atoms with van der Waals surface area (Å²) in [5.74, 6) is 3.32. The highest BCUT2D eigenvalue weighted by atomic mass is 32.1. The molecule has 0 aliphatic carbocycles. The second kappa shape index (κ2) is 12.2. The van der Waals surface area contributed by atoms with Gasteiger partial charge in [-0.25, -0.2) is 14.6 Å². The number of ether oxygens (including phenoxy) is 3. The van der Waals surface area contributed by atoms with Crippen molar-refractivity contribution in [2.24, 2.45) is 0 Å². The van der Waals surface area contributed by atoms with E-state index in [1.807, 2.05) is 90.8 Å². The van der Waals surface area contributed by atoms with Gasteiger partial charge in [-0.15, -0.1) is 16.4 Å². The van der Waals surface area contributed by atoms with Crippen LogP contribution in [0.1, 0.15) is 33.3 Å². The maximum Gasteiger partial charge on any atom is 0.263 e. The summed E-state index contributed by atoms with van der Waals surface area (Å²) < 4.78 is 30.8. The Labute approximate surface area is 246 Å². The molecule has 0 spiro atoms. The van der Waals surface area contributed by atoms with E-state index in [4.69, 9.17) is 28.1 Å². The lowest BCUT2D eigenvalue weighted by Gasteiger charge is -2.12. The first-order valence-electron chi connectivity index (χ1n) is 13.2. The van der Waals surface area contributed by atoms with Gasteiger partial charge in [0.15, 0.2) is 17.3 Å². The molecular weight excluding hydrogens is 552 g/mol. The first-order chi connectivity index (χ1) is 20.6. The number of aromatic nitrogens is 4. The molecule has 6 aromatic rings.